The minimum atomic E-state index is -0.360. The van der Waals surface area contributed by atoms with Gasteiger partial charge in [0.1, 0.15) is 5.69 Å². The average Bonchev–Trinajstić information content (AvgIpc) is 3.35. The zero-order valence-corrected chi connectivity index (χ0v) is 20.2. The summed E-state index contributed by atoms with van der Waals surface area (Å²) in [6.07, 6.45) is 1.73. The summed E-state index contributed by atoms with van der Waals surface area (Å²) < 4.78 is 16.5. The zero-order chi connectivity index (χ0) is 24.0. The Morgan fingerprint density at radius 2 is 1.85 bits per heavy atom. The fourth-order valence-corrected chi connectivity index (χ4v) is 4.64. The maximum absolute atomic E-state index is 9.90. The number of rotatable bonds is 9. The molecule has 1 aliphatic rings. The number of nitrogens with zero attached hydrogens (tertiary/aromatic N) is 4. The van der Waals surface area contributed by atoms with E-state index in [2.05, 4.69) is 40.2 Å². The number of aromatic nitrogens is 1. The minimum Gasteiger partial charge on any atom is -0.493 e. The van der Waals surface area contributed by atoms with Crippen LogP contribution in [0.4, 0.5) is 0 Å². The van der Waals surface area contributed by atoms with E-state index in [4.69, 9.17) is 14.0 Å². The molecule has 0 unspecified atom stereocenters. The average molecular weight is 461 g/mol. The lowest BCUT2D eigenvalue weighted by molar-refractivity contribution is 0.160. The molecule has 0 saturated carbocycles. The fourth-order valence-electron chi connectivity index (χ4n) is 4.64. The molecule has 0 atom stereocenters. The van der Waals surface area contributed by atoms with Gasteiger partial charge in [0.15, 0.2) is 17.3 Å². The predicted octanol–water partition coefficient (Wildman–Crippen LogP) is 4.35. The van der Waals surface area contributed by atoms with Crippen LogP contribution in [0.1, 0.15) is 24.2 Å². The Labute approximate surface area is 201 Å². The SMILES string of the molecule is COc1cccc(-c2cc(CN(C)CCN3CCC(C#N)(c4ccccc4)CC3)on2)c1OC. The van der Waals surface area contributed by atoms with Crippen molar-refractivity contribution in [3.8, 4) is 28.8 Å². The molecule has 3 aromatic rings. The Kier molecular flexibility index (Phi) is 7.51. The van der Waals surface area contributed by atoms with Crippen molar-refractivity contribution in [2.75, 3.05) is 47.4 Å². The maximum atomic E-state index is 9.90. The lowest BCUT2D eigenvalue weighted by Crippen LogP contribution is -2.44. The van der Waals surface area contributed by atoms with Crippen LogP contribution in [-0.2, 0) is 12.0 Å². The minimum absolute atomic E-state index is 0.360. The summed E-state index contributed by atoms with van der Waals surface area (Å²) in [6, 6.07) is 20.5. The molecule has 1 saturated heterocycles. The molecule has 0 radical (unpaired) electrons. The highest BCUT2D eigenvalue weighted by molar-refractivity contribution is 5.71. The van der Waals surface area contributed by atoms with Crippen molar-refractivity contribution in [1.29, 1.82) is 5.26 Å². The van der Waals surface area contributed by atoms with Crippen LogP contribution >= 0.6 is 0 Å². The number of methoxy groups -OCH3 is 2. The third-order valence-corrected chi connectivity index (χ3v) is 6.71. The van der Waals surface area contributed by atoms with Crippen LogP contribution in [0.15, 0.2) is 59.1 Å². The van der Waals surface area contributed by atoms with Crippen LogP contribution in [0, 0.1) is 11.3 Å². The first-order valence-electron chi connectivity index (χ1n) is 11.6. The lowest BCUT2D eigenvalue weighted by atomic mass is 9.74. The van der Waals surface area contributed by atoms with Crippen LogP contribution in [0.3, 0.4) is 0 Å². The quantitative estimate of drug-likeness (QED) is 0.470. The molecular formula is C27H32N4O3. The number of benzene rings is 2. The molecule has 178 valence electrons. The predicted molar refractivity (Wildman–Crippen MR) is 131 cm³/mol. The number of likely N-dealkylation sites (N-methyl/N-ethyl adjacent to an activating group) is 1. The van der Waals surface area contributed by atoms with Gasteiger partial charge in [-0.25, -0.2) is 0 Å². The highest BCUT2D eigenvalue weighted by Gasteiger charge is 2.36. The highest BCUT2D eigenvalue weighted by Crippen LogP contribution is 2.37. The van der Waals surface area contributed by atoms with Crippen molar-refractivity contribution in [3.05, 3.63) is 65.9 Å². The van der Waals surface area contributed by atoms with Gasteiger partial charge in [0.25, 0.3) is 0 Å². The summed E-state index contributed by atoms with van der Waals surface area (Å²) in [5.41, 5.74) is 2.35. The number of piperidine rings is 1. The normalized spacial score (nSPS) is 15.7. The number of nitriles is 1. The molecule has 1 aliphatic heterocycles. The third kappa shape index (κ3) is 5.09. The molecule has 2 aromatic carbocycles. The Balaban J connectivity index is 1.30. The first kappa shape index (κ1) is 23.8. The second-order valence-electron chi connectivity index (χ2n) is 8.86. The van der Waals surface area contributed by atoms with Crippen LogP contribution in [0.5, 0.6) is 11.5 Å². The summed E-state index contributed by atoms with van der Waals surface area (Å²) in [7, 11) is 5.33. The van der Waals surface area contributed by atoms with Gasteiger partial charge in [0.2, 0.25) is 0 Å². The zero-order valence-electron chi connectivity index (χ0n) is 20.2. The maximum Gasteiger partial charge on any atom is 0.170 e. The third-order valence-electron chi connectivity index (χ3n) is 6.71. The number of hydrogen-bond acceptors (Lipinski definition) is 7. The second-order valence-corrected chi connectivity index (χ2v) is 8.86. The first-order valence-corrected chi connectivity index (χ1v) is 11.6. The second kappa shape index (κ2) is 10.7. The van der Waals surface area contributed by atoms with E-state index < -0.39 is 0 Å². The van der Waals surface area contributed by atoms with Gasteiger partial charge in [-0.15, -0.1) is 0 Å². The number of hydrogen-bond donors (Lipinski definition) is 0. The van der Waals surface area contributed by atoms with Gasteiger partial charge in [0, 0.05) is 37.8 Å². The molecule has 2 heterocycles. The molecule has 0 bridgehead atoms. The number of para-hydroxylation sites is 1. The summed E-state index contributed by atoms with van der Waals surface area (Å²) in [4.78, 5) is 4.68. The molecule has 0 N–H and O–H groups in total. The molecule has 0 spiro atoms. The molecule has 0 amide bonds. The van der Waals surface area contributed by atoms with Crippen molar-refractivity contribution in [1.82, 2.24) is 15.0 Å². The summed E-state index contributed by atoms with van der Waals surface area (Å²) >= 11 is 0. The monoisotopic (exact) mass is 460 g/mol. The number of likely N-dealkylation sites (tertiary alicyclic amines) is 1. The van der Waals surface area contributed by atoms with Crippen LogP contribution < -0.4 is 9.47 Å². The molecule has 4 rings (SSSR count). The van der Waals surface area contributed by atoms with E-state index >= 15 is 0 Å². The van der Waals surface area contributed by atoms with E-state index in [-0.39, 0.29) is 5.41 Å². The van der Waals surface area contributed by atoms with E-state index in [0.717, 1.165) is 61.6 Å². The van der Waals surface area contributed by atoms with Gasteiger partial charge in [-0.3, -0.25) is 4.90 Å². The van der Waals surface area contributed by atoms with Crippen LogP contribution in [0.25, 0.3) is 11.3 Å². The van der Waals surface area contributed by atoms with Crippen LogP contribution in [-0.4, -0.2) is 62.4 Å². The molecule has 0 aliphatic carbocycles. The van der Waals surface area contributed by atoms with E-state index in [1.807, 2.05) is 42.5 Å². The van der Waals surface area contributed by atoms with Gasteiger partial charge >= 0.3 is 0 Å². The summed E-state index contributed by atoms with van der Waals surface area (Å²) in [5.74, 6) is 2.11. The Morgan fingerprint density at radius 3 is 2.53 bits per heavy atom. The van der Waals surface area contributed by atoms with Crippen molar-refractivity contribution >= 4 is 0 Å². The van der Waals surface area contributed by atoms with Gasteiger partial charge in [0.05, 0.1) is 32.2 Å². The highest BCUT2D eigenvalue weighted by atomic mass is 16.5. The Bertz CT molecular complexity index is 1110. The van der Waals surface area contributed by atoms with E-state index in [0.29, 0.717) is 18.0 Å². The molecular weight excluding hydrogens is 428 g/mol. The van der Waals surface area contributed by atoms with Crippen molar-refractivity contribution < 1.29 is 14.0 Å². The smallest absolute Gasteiger partial charge is 0.170 e. The summed E-state index contributed by atoms with van der Waals surface area (Å²) in [5, 5.41) is 14.2. The molecule has 1 fully saturated rings. The van der Waals surface area contributed by atoms with Crippen molar-refractivity contribution in [3.63, 3.8) is 0 Å². The number of ether oxygens (including phenoxy) is 2. The van der Waals surface area contributed by atoms with Gasteiger partial charge in [-0.05, 0) is 37.6 Å². The van der Waals surface area contributed by atoms with Gasteiger partial charge in [-0.2, -0.15) is 5.26 Å². The molecule has 1 aromatic heterocycles. The van der Waals surface area contributed by atoms with Gasteiger partial charge < -0.3 is 18.9 Å². The Hall–Kier alpha value is -3.34. The van der Waals surface area contributed by atoms with Crippen molar-refractivity contribution in [2.45, 2.75) is 24.8 Å². The Morgan fingerprint density at radius 1 is 1.09 bits per heavy atom. The largest absolute Gasteiger partial charge is 0.493 e. The van der Waals surface area contributed by atoms with Gasteiger partial charge in [-0.1, -0.05) is 41.6 Å². The van der Waals surface area contributed by atoms with Crippen LogP contribution in [0.2, 0.25) is 0 Å². The van der Waals surface area contributed by atoms with E-state index in [9.17, 15) is 5.26 Å². The van der Waals surface area contributed by atoms with E-state index in [1.165, 1.54) is 0 Å². The molecule has 7 nitrogen and oxygen atoms in total. The fraction of sp³-hybridized carbons (Fsp3) is 0.407. The molecule has 34 heavy (non-hydrogen) atoms. The summed E-state index contributed by atoms with van der Waals surface area (Å²) in [6.45, 7) is 4.39. The molecule has 7 heteroatoms. The lowest BCUT2D eigenvalue weighted by Gasteiger charge is -2.38. The topological polar surface area (TPSA) is 74.8 Å². The first-order chi connectivity index (χ1) is 16.6. The van der Waals surface area contributed by atoms with Crippen molar-refractivity contribution in [2.24, 2.45) is 0 Å². The standard InChI is InChI=1S/C27H32N4O3/c1-30(16-17-31-14-12-27(20-28,13-15-31)21-8-5-4-6-9-21)19-22-18-24(29-34-22)23-10-7-11-25(32-2)26(23)33-3/h4-11,18H,12-17,19H2,1-3H3. The van der Waals surface area contributed by atoms with E-state index in [1.54, 1.807) is 14.2 Å².